The monoisotopic (exact) mass is 260 g/mol. The number of carbonyl (C=O) groups is 1. The van der Waals surface area contributed by atoms with E-state index in [4.69, 9.17) is 4.74 Å². The van der Waals surface area contributed by atoms with E-state index in [9.17, 15) is 9.00 Å². The lowest BCUT2D eigenvalue weighted by molar-refractivity contribution is -0.137. The zero-order valence-electron chi connectivity index (χ0n) is 9.52. The van der Waals surface area contributed by atoms with Gasteiger partial charge in [-0.05, 0) is 19.4 Å². The maximum atomic E-state index is 11.8. The summed E-state index contributed by atoms with van der Waals surface area (Å²) in [5.74, 6) is 0.970. The first-order valence-electron chi connectivity index (χ1n) is 5.29. The molecule has 0 N–H and O–H groups in total. The molecule has 0 bridgehead atoms. The Labute approximate surface area is 103 Å². The van der Waals surface area contributed by atoms with Crippen LogP contribution in [0.5, 0.6) is 0 Å². The molecule has 0 amide bonds. The average molecular weight is 260 g/mol. The lowest BCUT2D eigenvalue weighted by atomic mass is 10.4. The highest BCUT2D eigenvalue weighted by Crippen LogP contribution is 2.29. The van der Waals surface area contributed by atoms with Gasteiger partial charge in [-0.15, -0.1) is 11.8 Å². The third kappa shape index (κ3) is 3.49. The van der Waals surface area contributed by atoms with Gasteiger partial charge in [-0.1, -0.05) is 13.0 Å². The van der Waals surface area contributed by atoms with Crippen molar-refractivity contribution in [2.45, 2.75) is 20.3 Å². The number of esters is 1. The second-order valence-electron chi connectivity index (χ2n) is 3.12. The summed E-state index contributed by atoms with van der Waals surface area (Å²) in [5.41, 5.74) is 0. The Balaban J connectivity index is 2.99. The summed E-state index contributed by atoms with van der Waals surface area (Å²) in [6, 6.07) is 0. The summed E-state index contributed by atoms with van der Waals surface area (Å²) in [7, 11) is -1.06. The second-order valence-corrected chi connectivity index (χ2v) is 5.77. The number of ether oxygens (including phenoxy) is 1. The SMILES string of the molecule is CCC=CC1=C(C(=O)OCC)SCCS1=O. The van der Waals surface area contributed by atoms with E-state index >= 15 is 0 Å². The van der Waals surface area contributed by atoms with Crippen LogP contribution in [0.4, 0.5) is 0 Å². The van der Waals surface area contributed by atoms with Crippen LogP contribution < -0.4 is 0 Å². The van der Waals surface area contributed by atoms with Gasteiger partial charge in [0.15, 0.2) is 0 Å². The molecule has 0 saturated heterocycles. The predicted molar refractivity (Wildman–Crippen MR) is 68.6 cm³/mol. The van der Waals surface area contributed by atoms with Gasteiger partial charge >= 0.3 is 5.97 Å². The van der Waals surface area contributed by atoms with Crippen molar-refractivity contribution in [3.8, 4) is 0 Å². The Bertz CT molecular complexity index is 345. The van der Waals surface area contributed by atoms with E-state index in [1.54, 1.807) is 13.0 Å². The summed E-state index contributed by atoms with van der Waals surface area (Å²) < 4.78 is 16.8. The predicted octanol–water partition coefficient (Wildman–Crippen LogP) is 2.22. The van der Waals surface area contributed by atoms with Gasteiger partial charge < -0.3 is 4.74 Å². The molecule has 1 heterocycles. The van der Waals surface area contributed by atoms with Gasteiger partial charge in [-0.2, -0.15) is 0 Å². The van der Waals surface area contributed by atoms with E-state index in [1.165, 1.54) is 11.8 Å². The van der Waals surface area contributed by atoms with Crippen LogP contribution in [0.25, 0.3) is 0 Å². The number of hydrogen-bond donors (Lipinski definition) is 0. The van der Waals surface area contributed by atoms with Crippen molar-refractivity contribution < 1.29 is 13.7 Å². The molecule has 5 heteroatoms. The summed E-state index contributed by atoms with van der Waals surface area (Å²) in [6.07, 6.45) is 4.56. The van der Waals surface area contributed by atoms with Crippen molar-refractivity contribution >= 4 is 28.5 Å². The summed E-state index contributed by atoms with van der Waals surface area (Å²) >= 11 is 1.43. The first-order chi connectivity index (χ1) is 7.70. The minimum absolute atomic E-state index is 0.348. The molecule has 90 valence electrons. The van der Waals surface area contributed by atoms with Gasteiger partial charge in [0.1, 0.15) is 4.91 Å². The van der Waals surface area contributed by atoms with Crippen LogP contribution in [0.3, 0.4) is 0 Å². The largest absolute Gasteiger partial charge is 0.462 e. The molecule has 1 atom stereocenters. The quantitative estimate of drug-likeness (QED) is 0.727. The molecular weight excluding hydrogens is 244 g/mol. The number of thioether (sulfide) groups is 1. The highest BCUT2D eigenvalue weighted by atomic mass is 32.2. The first-order valence-corrected chi connectivity index (χ1v) is 7.60. The van der Waals surface area contributed by atoms with Crippen LogP contribution in [0.2, 0.25) is 0 Å². The van der Waals surface area contributed by atoms with Crippen molar-refractivity contribution in [2.24, 2.45) is 0 Å². The number of carbonyl (C=O) groups excluding carboxylic acids is 1. The van der Waals surface area contributed by atoms with E-state index in [-0.39, 0.29) is 5.97 Å². The molecule has 1 aliphatic rings. The summed E-state index contributed by atoms with van der Waals surface area (Å²) in [5, 5.41) is 0. The highest BCUT2D eigenvalue weighted by molar-refractivity contribution is 8.06. The van der Waals surface area contributed by atoms with Gasteiger partial charge in [0.25, 0.3) is 0 Å². The van der Waals surface area contributed by atoms with Crippen LogP contribution in [0.15, 0.2) is 22.0 Å². The van der Waals surface area contributed by atoms with Gasteiger partial charge in [-0.3, -0.25) is 4.21 Å². The maximum Gasteiger partial charge on any atom is 0.345 e. The molecule has 0 aliphatic carbocycles. The lowest BCUT2D eigenvalue weighted by Gasteiger charge is -2.15. The number of rotatable bonds is 4. The molecule has 0 saturated carbocycles. The Kier molecular flexibility index (Phi) is 5.84. The first kappa shape index (κ1) is 13.5. The fraction of sp³-hybridized carbons (Fsp3) is 0.545. The molecule has 0 radical (unpaired) electrons. The van der Waals surface area contributed by atoms with E-state index in [0.29, 0.717) is 27.9 Å². The molecule has 0 aromatic carbocycles. The topological polar surface area (TPSA) is 43.4 Å². The van der Waals surface area contributed by atoms with Gasteiger partial charge in [0, 0.05) is 11.5 Å². The Morgan fingerprint density at radius 3 is 2.94 bits per heavy atom. The summed E-state index contributed by atoms with van der Waals surface area (Å²) in [6.45, 7) is 4.12. The Hall–Kier alpha value is -0.550. The zero-order chi connectivity index (χ0) is 12.0. The van der Waals surface area contributed by atoms with Crippen LogP contribution in [0, 0.1) is 0 Å². The molecule has 0 fully saturated rings. The van der Waals surface area contributed by atoms with Crippen molar-refractivity contribution in [1.29, 1.82) is 0 Å². The minimum atomic E-state index is -1.06. The maximum absolute atomic E-state index is 11.8. The fourth-order valence-electron chi connectivity index (χ4n) is 1.24. The van der Waals surface area contributed by atoms with Gasteiger partial charge in [0.2, 0.25) is 0 Å². The highest BCUT2D eigenvalue weighted by Gasteiger charge is 2.24. The van der Waals surface area contributed by atoms with E-state index in [1.807, 2.05) is 13.0 Å². The third-order valence-electron chi connectivity index (χ3n) is 1.95. The fourth-order valence-corrected chi connectivity index (χ4v) is 3.98. The zero-order valence-corrected chi connectivity index (χ0v) is 11.2. The van der Waals surface area contributed by atoms with E-state index < -0.39 is 10.8 Å². The summed E-state index contributed by atoms with van der Waals surface area (Å²) in [4.78, 5) is 12.8. The number of allylic oxidation sites excluding steroid dienone is 2. The molecular formula is C11H16O3S2. The lowest BCUT2D eigenvalue weighted by Crippen LogP contribution is -2.16. The molecule has 3 nitrogen and oxygen atoms in total. The number of hydrogen-bond acceptors (Lipinski definition) is 4. The minimum Gasteiger partial charge on any atom is -0.462 e. The molecule has 1 aliphatic heterocycles. The van der Waals surface area contributed by atoms with Crippen LogP contribution in [-0.4, -0.2) is 28.3 Å². The standard InChI is InChI=1S/C11H16O3S2/c1-3-5-6-9-10(11(12)14-4-2)15-7-8-16(9)13/h5-6H,3-4,7-8H2,1-2H3. The molecule has 0 spiro atoms. The third-order valence-corrected chi connectivity index (χ3v) is 4.83. The molecule has 1 unspecified atom stereocenters. The van der Waals surface area contributed by atoms with Gasteiger partial charge in [0.05, 0.1) is 22.3 Å². The molecule has 1 rings (SSSR count). The van der Waals surface area contributed by atoms with Crippen LogP contribution in [0.1, 0.15) is 20.3 Å². The van der Waals surface area contributed by atoms with Crippen LogP contribution in [-0.2, 0) is 20.3 Å². The van der Waals surface area contributed by atoms with E-state index in [2.05, 4.69) is 0 Å². The normalized spacial score (nSPS) is 21.5. The van der Waals surface area contributed by atoms with Crippen molar-refractivity contribution in [1.82, 2.24) is 0 Å². The molecule has 0 aromatic rings. The average Bonchev–Trinajstić information content (AvgIpc) is 2.27. The van der Waals surface area contributed by atoms with Crippen molar-refractivity contribution in [3.05, 3.63) is 22.0 Å². The second kappa shape index (κ2) is 6.91. The molecule has 16 heavy (non-hydrogen) atoms. The van der Waals surface area contributed by atoms with Gasteiger partial charge in [-0.25, -0.2) is 4.79 Å². The Morgan fingerprint density at radius 1 is 1.56 bits per heavy atom. The van der Waals surface area contributed by atoms with Crippen LogP contribution >= 0.6 is 11.8 Å². The molecule has 0 aromatic heterocycles. The smallest absolute Gasteiger partial charge is 0.345 e. The van der Waals surface area contributed by atoms with Crippen molar-refractivity contribution in [2.75, 3.05) is 18.1 Å². The Morgan fingerprint density at radius 2 is 2.31 bits per heavy atom. The van der Waals surface area contributed by atoms with Crippen molar-refractivity contribution in [3.63, 3.8) is 0 Å². The van der Waals surface area contributed by atoms with E-state index in [0.717, 1.165) is 6.42 Å².